The first-order valence-electron chi connectivity index (χ1n) is 8.31. The Kier molecular flexibility index (Phi) is 5.27. The summed E-state index contributed by atoms with van der Waals surface area (Å²) in [6.45, 7) is 5.07. The zero-order valence-electron chi connectivity index (χ0n) is 14.1. The molecule has 130 valence electrons. The van der Waals surface area contributed by atoms with Crippen molar-refractivity contribution in [1.29, 1.82) is 0 Å². The summed E-state index contributed by atoms with van der Waals surface area (Å²) in [7, 11) is -3.35. The summed E-state index contributed by atoms with van der Waals surface area (Å²) in [5.41, 5.74) is 1.25. The topological polar surface area (TPSA) is 46.6 Å². The van der Waals surface area contributed by atoms with Crippen molar-refractivity contribution in [3.05, 3.63) is 46.8 Å². The van der Waals surface area contributed by atoms with Gasteiger partial charge in [-0.2, -0.15) is 4.31 Å². The Morgan fingerprint density at radius 2 is 1.96 bits per heavy atom. The highest BCUT2D eigenvalue weighted by Gasteiger charge is 2.31. The van der Waals surface area contributed by atoms with Gasteiger partial charge in [0.1, 0.15) is 16.1 Å². The molecule has 1 aromatic carbocycles. The summed E-state index contributed by atoms with van der Waals surface area (Å²) in [6, 6.07) is 11.7. The largest absolute Gasteiger partial charge is 0.490 e. The Morgan fingerprint density at radius 3 is 2.58 bits per heavy atom. The smallest absolute Gasteiger partial charge is 0.252 e. The Labute approximate surface area is 148 Å². The quantitative estimate of drug-likeness (QED) is 0.808. The fourth-order valence-electron chi connectivity index (χ4n) is 2.90. The van der Waals surface area contributed by atoms with Crippen LogP contribution in [-0.2, 0) is 16.4 Å². The average molecular weight is 366 g/mol. The van der Waals surface area contributed by atoms with Gasteiger partial charge in [-0.1, -0.05) is 19.1 Å². The Bertz CT molecular complexity index is 790. The molecule has 2 heterocycles. The van der Waals surface area contributed by atoms with Gasteiger partial charge in [-0.15, -0.1) is 11.3 Å². The van der Waals surface area contributed by atoms with Crippen molar-refractivity contribution in [3.8, 4) is 5.75 Å². The number of ether oxygens (including phenoxy) is 1. The summed E-state index contributed by atoms with van der Waals surface area (Å²) < 4.78 is 33.4. The van der Waals surface area contributed by atoms with Crippen molar-refractivity contribution in [2.45, 2.75) is 43.4 Å². The molecule has 1 saturated heterocycles. The molecule has 1 aliphatic rings. The second-order valence-corrected chi connectivity index (χ2v) is 9.54. The van der Waals surface area contributed by atoms with E-state index in [1.54, 1.807) is 10.4 Å². The maximum absolute atomic E-state index is 12.6. The lowest BCUT2D eigenvalue weighted by atomic mass is 10.1. The van der Waals surface area contributed by atoms with Gasteiger partial charge in [-0.3, -0.25) is 0 Å². The van der Waals surface area contributed by atoms with Crippen LogP contribution in [0.2, 0.25) is 0 Å². The van der Waals surface area contributed by atoms with Crippen LogP contribution in [0, 0.1) is 6.92 Å². The minimum atomic E-state index is -3.35. The normalized spacial score (nSPS) is 17.1. The molecule has 0 spiro atoms. The van der Waals surface area contributed by atoms with Gasteiger partial charge in [0.2, 0.25) is 0 Å². The minimum Gasteiger partial charge on any atom is -0.490 e. The molecule has 0 aliphatic carbocycles. The van der Waals surface area contributed by atoms with Gasteiger partial charge in [-0.25, -0.2) is 8.42 Å². The van der Waals surface area contributed by atoms with Crippen molar-refractivity contribution in [1.82, 2.24) is 4.31 Å². The number of aryl methyl sites for hydroxylation is 2. The third-order valence-electron chi connectivity index (χ3n) is 4.32. The van der Waals surface area contributed by atoms with E-state index >= 15 is 0 Å². The second-order valence-electron chi connectivity index (χ2n) is 6.09. The lowest BCUT2D eigenvalue weighted by Crippen LogP contribution is -2.41. The van der Waals surface area contributed by atoms with Gasteiger partial charge >= 0.3 is 0 Å². The van der Waals surface area contributed by atoms with E-state index < -0.39 is 10.0 Å². The first kappa shape index (κ1) is 17.5. The molecular weight excluding hydrogens is 342 g/mol. The van der Waals surface area contributed by atoms with Crippen LogP contribution in [0.5, 0.6) is 5.75 Å². The lowest BCUT2D eigenvalue weighted by molar-refractivity contribution is 0.135. The molecule has 2 aromatic rings. The van der Waals surface area contributed by atoms with E-state index in [0.29, 0.717) is 17.3 Å². The van der Waals surface area contributed by atoms with Crippen molar-refractivity contribution in [2.24, 2.45) is 0 Å². The summed E-state index contributed by atoms with van der Waals surface area (Å²) in [4.78, 5) is 1.02. The predicted molar refractivity (Wildman–Crippen MR) is 97.3 cm³/mol. The van der Waals surface area contributed by atoms with Gasteiger partial charge in [0.25, 0.3) is 10.0 Å². The first-order chi connectivity index (χ1) is 11.5. The third kappa shape index (κ3) is 3.82. The molecule has 0 amide bonds. The fraction of sp³-hybridized carbons (Fsp3) is 0.444. The predicted octanol–water partition coefficient (Wildman–Crippen LogP) is 3.85. The van der Waals surface area contributed by atoms with E-state index in [2.05, 4.69) is 19.1 Å². The number of rotatable bonds is 5. The van der Waals surface area contributed by atoms with Crippen molar-refractivity contribution in [2.75, 3.05) is 13.1 Å². The van der Waals surface area contributed by atoms with Gasteiger partial charge in [-0.05, 0) is 56.0 Å². The van der Waals surface area contributed by atoms with Crippen LogP contribution < -0.4 is 4.74 Å². The first-order valence-corrected chi connectivity index (χ1v) is 10.6. The van der Waals surface area contributed by atoms with E-state index in [0.717, 1.165) is 29.9 Å². The van der Waals surface area contributed by atoms with E-state index in [-0.39, 0.29) is 6.10 Å². The molecule has 6 heteroatoms. The van der Waals surface area contributed by atoms with Crippen LogP contribution in [-0.4, -0.2) is 31.9 Å². The molecule has 0 radical (unpaired) electrons. The molecule has 1 aromatic heterocycles. The number of benzene rings is 1. The molecule has 3 rings (SSSR count). The molecule has 0 bridgehead atoms. The summed E-state index contributed by atoms with van der Waals surface area (Å²) in [6.07, 6.45) is 2.50. The van der Waals surface area contributed by atoms with E-state index in [4.69, 9.17) is 4.74 Å². The molecule has 4 nitrogen and oxygen atoms in total. The van der Waals surface area contributed by atoms with Gasteiger partial charge in [0.15, 0.2) is 0 Å². The molecule has 1 aliphatic heterocycles. The monoisotopic (exact) mass is 365 g/mol. The van der Waals surface area contributed by atoms with Crippen LogP contribution in [0.3, 0.4) is 0 Å². The number of hydrogen-bond donors (Lipinski definition) is 0. The molecule has 24 heavy (non-hydrogen) atoms. The van der Waals surface area contributed by atoms with Crippen LogP contribution in [0.25, 0.3) is 0 Å². The molecule has 0 saturated carbocycles. The van der Waals surface area contributed by atoms with Gasteiger partial charge in [0.05, 0.1) is 0 Å². The maximum Gasteiger partial charge on any atom is 0.252 e. The summed E-state index contributed by atoms with van der Waals surface area (Å²) in [5.74, 6) is 0.879. The highest BCUT2D eigenvalue weighted by atomic mass is 32.2. The molecule has 0 atom stereocenters. The SMILES string of the molecule is CCc1cccc(OC2CCN(S(=O)(=O)c3ccc(C)s3)CC2)c1. The standard InChI is InChI=1S/C18H23NO3S2/c1-3-15-5-4-6-17(13-15)22-16-9-11-19(12-10-16)24(20,21)18-8-7-14(2)23-18/h4-8,13,16H,3,9-12H2,1-2H3. The van der Waals surface area contributed by atoms with Crippen molar-refractivity contribution < 1.29 is 13.2 Å². The number of piperidine rings is 1. The van der Waals surface area contributed by atoms with Crippen LogP contribution in [0.4, 0.5) is 0 Å². The van der Waals surface area contributed by atoms with E-state index in [1.165, 1.54) is 16.9 Å². The molecule has 1 fully saturated rings. The third-order valence-corrected chi connectivity index (χ3v) is 7.69. The highest BCUT2D eigenvalue weighted by Crippen LogP contribution is 2.28. The Balaban J connectivity index is 1.61. The molecule has 0 unspecified atom stereocenters. The number of nitrogens with zero attached hydrogens (tertiary/aromatic N) is 1. The van der Waals surface area contributed by atoms with E-state index in [9.17, 15) is 8.42 Å². The Hall–Kier alpha value is -1.37. The molecule has 0 N–H and O–H groups in total. The zero-order chi connectivity index (χ0) is 17.2. The van der Waals surface area contributed by atoms with Crippen molar-refractivity contribution in [3.63, 3.8) is 0 Å². The van der Waals surface area contributed by atoms with Gasteiger partial charge in [0, 0.05) is 18.0 Å². The number of thiophene rings is 1. The summed E-state index contributed by atoms with van der Waals surface area (Å²) in [5, 5.41) is 0. The Morgan fingerprint density at radius 1 is 1.21 bits per heavy atom. The number of sulfonamides is 1. The highest BCUT2D eigenvalue weighted by molar-refractivity contribution is 7.91. The molecular formula is C18H23NO3S2. The maximum atomic E-state index is 12.6. The fourth-order valence-corrected chi connectivity index (χ4v) is 5.81. The second kappa shape index (κ2) is 7.25. The minimum absolute atomic E-state index is 0.0774. The summed E-state index contributed by atoms with van der Waals surface area (Å²) >= 11 is 1.33. The number of hydrogen-bond acceptors (Lipinski definition) is 4. The lowest BCUT2D eigenvalue weighted by Gasteiger charge is -2.31. The zero-order valence-corrected chi connectivity index (χ0v) is 15.7. The van der Waals surface area contributed by atoms with Crippen LogP contribution in [0.15, 0.2) is 40.6 Å². The van der Waals surface area contributed by atoms with Crippen molar-refractivity contribution >= 4 is 21.4 Å². The van der Waals surface area contributed by atoms with Crippen LogP contribution >= 0.6 is 11.3 Å². The van der Waals surface area contributed by atoms with E-state index in [1.807, 2.05) is 25.1 Å². The average Bonchev–Trinajstić information content (AvgIpc) is 3.03. The van der Waals surface area contributed by atoms with Gasteiger partial charge < -0.3 is 4.74 Å². The van der Waals surface area contributed by atoms with Crippen LogP contribution in [0.1, 0.15) is 30.2 Å².